The molecule has 2 heterocycles. The summed E-state index contributed by atoms with van der Waals surface area (Å²) in [7, 11) is -0.630. The van der Waals surface area contributed by atoms with Crippen molar-refractivity contribution in [1.29, 1.82) is 0 Å². The summed E-state index contributed by atoms with van der Waals surface area (Å²) >= 11 is 1.67. The van der Waals surface area contributed by atoms with Gasteiger partial charge in [0.2, 0.25) is 0 Å². The lowest BCUT2D eigenvalue weighted by Gasteiger charge is -2.34. The van der Waals surface area contributed by atoms with E-state index in [1.165, 1.54) is 25.3 Å². The van der Waals surface area contributed by atoms with Crippen molar-refractivity contribution in [2.24, 2.45) is 0 Å². The first kappa shape index (κ1) is 27.7. The Kier molecular flexibility index (Phi) is 8.38. The zero-order chi connectivity index (χ0) is 28.1. The highest BCUT2D eigenvalue weighted by atomic mass is 32.2. The molecule has 12 heteroatoms. The number of hydrogen-bond donors (Lipinski definition) is 2. The summed E-state index contributed by atoms with van der Waals surface area (Å²) < 4.78 is 39.7. The lowest BCUT2D eigenvalue weighted by atomic mass is 10.2. The maximum Gasteiger partial charge on any atom is 0.261 e. The van der Waals surface area contributed by atoms with Crippen molar-refractivity contribution in [3.05, 3.63) is 72.3 Å². The Morgan fingerprint density at radius 3 is 2.45 bits per heavy atom. The highest BCUT2D eigenvalue weighted by Gasteiger charge is 2.21. The van der Waals surface area contributed by atoms with Crippen LogP contribution in [0.1, 0.15) is 10.4 Å². The average Bonchev–Trinajstić information content (AvgIpc) is 3.42. The van der Waals surface area contributed by atoms with Gasteiger partial charge in [0.25, 0.3) is 15.9 Å². The van der Waals surface area contributed by atoms with Crippen LogP contribution in [0.25, 0.3) is 10.2 Å². The van der Waals surface area contributed by atoms with Gasteiger partial charge < -0.3 is 19.7 Å². The van der Waals surface area contributed by atoms with Gasteiger partial charge in [-0.3, -0.25) is 14.4 Å². The fourth-order valence-electron chi connectivity index (χ4n) is 4.50. The number of aromatic nitrogens is 1. The van der Waals surface area contributed by atoms with Crippen LogP contribution in [-0.4, -0.2) is 77.7 Å². The van der Waals surface area contributed by atoms with Crippen molar-refractivity contribution in [3.8, 4) is 11.5 Å². The number of para-hydroxylation sites is 1. The van der Waals surface area contributed by atoms with Gasteiger partial charge in [0.15, 0.2) is 5.13 Å². The van der Waals surface area contributed by atoms with Gasteiger partial charge in [-0.1, -0.05) is 23.5 Å². The van der Waals surface area contributed by atoms with Crippen LogP contribution in [0.5, 0.6) is 11.5 Å². The van der Waals surface area contributed by atoms with Crippen molar-refractivity contribution in [2.75, 3.05) is 63.1 Å². The first-order chi connectivity index (χ1) is 19.4. The molecule has 2 N–H and O–H groups in total. The van der Waals surface area contributed by atoms with E-state index in [4.69, 9.17) is 14.5 Å². The second-order valence-corrected chi connectivity index (χ2v) is 11.9. The van der Waals surface area contributed by atoms with E-state index >= 15 is 0 Å². The minimum absolute atomic E-state index is 0.103. The number of hydrogen-bond acceptors (Lipinski definition) is 9. The number of rotatable bonds is 10. The molecule has 1 aliphatic heterocycles. The summed E-state index contributed by atoms with van der Waals surface area (Å²) in [6.45, 7) is 4.64. The Morgan fingerprint density at radius 1 is 0.975 bits per heavy atom. The van der Waals surface area contributed by atoms with Crippen molar-refractivity contribution >= 4 is 48.3 Å². The Labute approximate surface area is 237 Å². The van der Waals surface area contributed by atoms with Crippen molar-refractivity contribution in [1.82, 2.24) is 15.2 Å². The fourth-order valence-corrected chi connectivity index (χ4v) is 6.58. The third-order valence-electron chi connectivity index (χ3n) is 6.69. The molecule has 1 fully saturated rings. The number of nitrogens with one attached hydrogen (secondary N) is 2. The summed E-state index contributed by atoms with van der Waals surface area (Å²) in [6.07, 6.45) is 0. The van der Waals surface area contributed by atoms with E-state index in [1.807, 2.05) is 12.1 Å². The molecule has 0 radical (unpaired) electrons. The van der Waals surface area contributed by atoms with Crippen molar-refractivity contribution in [2.45, 2.75) is 4.90 Å². The normalized spacial score (nSPS) is 14.2. The molecule has 10 nitrogen and oxygen atoms in total. The predicted octanol–water partition coefficient (Wildman–Crippen LogP) is 3.67. The number of methoxy groups -OCH3 is 2. The Balaban J connectivity index is 1.10. The zero-order valence-electron chi connectivity index (χ0n) is 22.3. The van der Waals surface area contributed by atoms with Gasteiger partial charge in [-0.25, -0.2) is 13.4 Å². The van der Waals surface area contributed by atoms with Gasteiger partial charge in [0.05, 0.1) is 23.8 Å². The molecule has 0 aliphatic carbocycles. The number of piperazine rings is 1. The van der Waals surface area contributed by atoms with Crippen LogP contribution in [-0.2, 0) is 10.0 Å². The smallest absolute Gasteiger partial charge is 0.261 e. The van der Waals surface area contributed by atoms with Crippen LogP contribution >= 0.6 is 11.3 Å². The van der Waals surface area contributed by atoms with Gasteiger partial charge >= 0.3 is 0 Å². The zero-order valence-corrected chi connectivity index (χ0v) is 23.9. The van der Waals surface area contributed by atoms with E-state index in [9.17, 15) is 13.2 Å². The minimum atomic E-state index is -3.81. The summed E-state index contributed by atoms with van der Waals surface area (Å²) in [5.74, 6) is 1.09. The minimum Gasteiger partial charge on any atom is -0.497 e. The second-order valence-electron chi connectivity index (χ2n) is 9.25. The number of sulfonamides is 1. The molecule has 0 unspecified atom stereocenters. The molecular weight excluding hydrogens is 550 g/mol. The molecule has 0 atom stereocenters. The molecule has 0 spiro atoms. The monoisotopic (exact) mass is 581 g/mol. The first-order valence-corrected chi connectivity index (χ1v) is 15.1. The highest BCUT2D eigenvalue weighted by Crippen LogP contribution is 2.34. The number of ether oxygens (including phenoxy) is 2. The molecule has 3 aromatic carbocycles. The van der Waals surface area contributed by atoms with E-state index in [0.717, 1.165) is 53.8 Å². The van der Waals surface area contributed by atoms with Crippen molar-refractivity contribution < 1.29 is 22.7 Å². The summed E-state index contributed by atoms with van der Waals surface area (Å²) in [5, 5.41) is 3.94. The number of nitrogens with zero attached hydrogens (tertiary/aromatic N) is 3. The van der Waals surface area contributed by atoms with Crippen LogP contribution in [0.4, 0.5) is 10.8 Å². The molecule has 1 aliphatic rings. The fraction of sp³-hybridized carbons (Fsp3) is 0.286. The average molecular weight is 582 g/mol. The number of carbonyl (C=O) groups is 1. The van der Waals surface area contributed by atoms with E-state index < -0.39 is 10.0 Å². The molecule has 1 aromatic heterocycles. The van der Waals surface area contributed by atoms with Crippen LogP contribution in [0.3, 0.4) is 0 Å². The van der Waals surface area contributed by atoms with Crippen LogP contribution < -0.4 is 24.4 Å². The third kappa shape index (κ3) is 6.30. The van der Waals surface area contributed by atoms with E-state index in [-0.39, 0.29) is 10.8 Å². The Bertz CT molecular complexity index is 1580. The van der Waals surface area contributed by atoms with E-state index in [0.29, 0.717) is 23.5 Å². The maximum absolute atomic E-state index is 12.8. The summed E-state index contributed by atoms with van der Waals surface area (Å²) in [5.41, 5.74) is 1.59. The number of fused-ring (bicyclic) bond motifs is 1. The first-order valence-electron chi connectivity index (χ1n) is 12.8. The number of benzene rings is 3. The van der Waals surface area contributed by atoms with E-state index in [2.05, 4.69) is 25.9 Å². The largest absolute Gasteiger partial charge is 0.497 e. The SMILES string of the molecule is COc1ccc(S(=O)(=O)Nc2cccc(C(=O)NCCN3CCN(c4nc5c(OC)cccc5s4)CC3)c2)cc1. The van der Waals surface area contributed by atoms with Gasteiger partial charge in [-0.05, 0) is 54.6 Å². The highest BCUT2D eigenvalue weighted by molar-refractivity contribution is 7.92. The molecule has 1 amide bonds. The van der Waals surface area contributed by atoms with Crippen LogP contribution in [0, 0.1) is 0 Å². The van der Waals surface area contributed by atoms with Gasteiger partial charge in [0, 0.05) is 50.5 Å². The van der Waals surface area contributed by atoms with Gasteiger partial charge in [-0.2, -0.15) is 0 Å². The molecule has 4 aromatic rings. The van der Waals surface area contributed by atoms with E-state index in [1.54, 1.807) is 48.8 Å². The predicted molar refractivity (Wildman–Crippen MR) is 157 cm³/mol. The summed E-state index contributed by atoms with van der Waals surface area (Å²) in [4.78, 5) is 22.3. The molecule has 0 saturated carbocycles. The lowest BCUT2D eigenvalue weighted by molar-refractivity contribution is 0.0948. The molecule has 0 bridgehead atoms. The molecule has 210 valence electrons. The molecule has 5 rings (SSSR count). The number of carbonyl (C=O) groups excluding carboxylic acids is 1. The topological polar surface area (TPSA) is 113 Å². The molecule has 1 saturated heterocycles. The second kappa shape index (κ2) is 12.1. The molecule has 40 heavy (non-hydrogen) atoms. The number of anilines is 2. The van der Waals surface area contributed by atoms with Crippen LogP contribution in [0.15, 0.2) is 71.6 Å². The van der Waals surface area contributed by atoms with Gasteiger partial charge in [-0.15, -0.1) is 0 Å². The maximum atomic E-state index is 12.8. The Hall–Kier alpha value is -3.87. The quantitative estimate of drug-likeness (QED) is 0.292. The lowest BCUT2D eigenvalue weighted by Crippen LogP contribution is -2.48. The Morgan fingerprint density at radius 2 is 1.73 bits per heavy atom. The third-order valence-corrected chi connectivity index (χ3v) is 9.17. The van der Waals surface area contributed by atoms with Crippen molar-refractivity contribution in [3.63, 3.8) is 0 Å². The van der Waals surface area contributed by atoms with Gasteiger partial charge in [0.1, 0.15) is 17.0 Å². The van der Waals surface area contributed by atoms with Crippen LogP contribution in [0.2, 0.25) is 0 Å². The number of thiazole rings is 1. The number of amides is 1. The molecular formula is C28H31N5O5S2. The standard InChI is InChI=1S/C28H31N5O5S2/c1-37-22-9-11-23(12-10-22)40(35,36)31-21-6-3-5-20(19-21)27(34)29-13-14-32-15-17-33(18-16-32)28-30-26-24(38-2)7-4-8-25(26)39-28/h3-12,19,31H,13-18H2,1-2H3,(H,29,34). The summed E-state index contributed by atoms with van der Waals surface area (Å²) in [6, 6.07) is 18.5.